The van der Waals surface area contributed by atoms with Crippen molar-refractivity contribution >= 4 is 23.3 Å². The molecule has 0 spiro atoms. The number of anilines is 1. The predicted molar refractivity (Wildman–Crippen MR) is 109 cm³/mol. The highest BCUT2D eigenvalue weighted by molar-refractivity contribution is 5.95. The smallest absolute Gasteiger partial charge is 0.255 e. The first-order valence-corrected chi connectivity index (χ1v) is 9.57. The zero-order valence-corrected chi connectivity index (χ0v) is 16.5. The molecule has 1 aliphatic rings. The topological polar surface area (TPSA) is 142 Å². The molecule has 1 atom stereocenters. The number of nitrogens with one attached hydrogen (secondary N) is 1. The third-order valence-electron chi connectivity index (χ3n) is 5.13. The molecule has 3 N–H and O–H groups in total. The van der Waals surface area contributed by atoms with Crippen LogP contribution in [0.15, 0.2) is 42.7 Å². The molecule has 3 aromatic heterocycles. The van der Waals surface area contributed by atoms with E-state index in [1.165, 1.54) is 6.33 Å². The molecule has 4 aromatic rings. The number of ether oxygens (including phenoxy) is 1. The summed E-state index contributed by atoms with van der Waals surface area (Å²) in [5, 5.41) is 19.9. The maximum atomic E-state index is 12.5. The summed E-state index contributed by atoms with van der Waals surface area (Å²) in [6.07, 6.45) is 1.80. The van der Waals surface area contributed by atoms with Gasteiger partial charge in [-0.2, -0.15) is 14.3 Å². The lowest BCUT2D eigenvalue weighted by Crippen LogP contribution is -2.25. The molecule has 0 fully saturated rings. The van der Waals surface area contributed by atoms with Gasteiger partial charge in [0.05, 0.1) is 5.69 Å². The molecule has 11 nitrogen and oxygen atoms in total. The summed E-state index contributed by atoms with van der Waals surface area (Å²) >= 11 is 0. The van der Waals surface area contributed by atoms with E-state index in [1.54, 1.807) is 33.5 Å². The van der Waals surface area contributed by atoms with Crippen LogP contribution in [0.25, 0.3) is 11.5 Å². The minimum Gasteiger partial charge on any atom is -0.484 e. The number of hydrogen-bond donors (Lipinski definition) is 2. The van der Waals surface area contributed by atoms with Crippen molar-refractivity contribution in [1.29, 1.82) is 0 Å². The maximum absolute atomic E-state index is 12.5. The zero-order valence-electron chi connectivity index (χ0n) is 16.5. The molecule has 1 aliphatic heterocycles. The lowest BCUT2D eigenvalue weighted by Gasteiger charge is -2.24. The molecule has 11 heteroatoms. The molecule has 0 bridgehead atoms. The minimum absolute atomic E-state index is 0.113. The number of nitrogens with zero attached hydrogens (tertiary/aromatic N) is 6. The molecular weight excluding hydrogens is 400 g/mol. The molecule has 0 saturated heterocycles. The van der Waals surface area contributed by atoms with E-state index in [9.17, 15) is 9.59 Å². The van der Waals surface area contributed by atoms with Crippen molar-refractivity contribution in [2.75, 3.05) is 11.9 Å². The van der Waals surface area contributed by atoms with E-state index in [0.29, 0.717) is 29.5 Å². The number of aryl methyl sites for hydroxylation is 1. The average Bonchev–Trinajstić information content (AvgIpc) is 3.36. The van der Waals surface area contributed by atoms with Crippen molar-refractivity contribution in [2.45, 2.75) is 19.3 Å². The van der Waals surface area contributed by atoms with Crippen LogP contribution < -0.4 is 15.8 Å². The summed E-state index contributed by atoms with van der Waals surface area (Å²) in [4.78, 5) is 23.4. The van der Waals surface area contributed by atoms with Gasteiger partial charge in [0, 0.05) is 17.9 Å². The zero-order chi connectivity index (χ0) is 21.5. The van der Waals surface area contributed by atoms with Crippen molar-refractivity contribution in [3.05, 3.63) is 59.5 Å². The largest absolute Gasteiger partial charge is 0.484 e. The Morgan fingerprint density at radius 1 is 1.23 bits per heavy atom. The number of rotatable bonds is 5. The Morgan fingerprint density at radius 2 is 2.03 bits per heavy atom. The van der Waals surface area contributed by atoms with Gasteiger partial charge in [-0.3, -0.25) is 9.59 Å². The van der Waals surface area contributed by atoms with Crippen molar-refractivity contribution < 1.29 is 14.3 Å². The van der Waals surface area contributed by atoms with Gasteiger partial charge >= 0.3 is 0 Å². The average molecular weight is 418 g/mol. The van der Waals surface area contributed by atoms with E-state index in [4.69, 9.17) is 10.5 Å². The number of aromatic nitrogens is 6. The van der Waals surface area contributed by atoms with Gasteiger partial charge in [0.1, 0.15) is 17.9 Å². The van der Waals surface area contributed by atoms with Crippen LogP contribution in [0.5, 0.6) is 5.75 Å². The maximum Gasteiger partial charge on any atom is 0.255 e. The molecule has 0 radical (unpaired) electrons. The molecule has 0 aliphatic carbocycles. The molecule has 1 aromatic carbocycles. The fraction of sp³-hybridized carbons (Fsp3) is 0.200. The van der Waals surface area contributed by atoms with Gasteiger partial charge in [0.15, 0.2) is 18.1 Å². The SMILES string of the molecule is Cc1nn(-c2ccc3nncn3n2)c2c1[C@H](c1ccc(OCC(N)=O)cc1)CC(=O)N2. The van der Waals surface area contributed by atoms with Crippen molar-refractivity contribution in [2.24, 2.45) is 5.73 Å². The Hall–Kier alpha value is -4.28. The Labute approximate surface area is 175 Å². The second kappa shape index (κ2) is 7.20. The number of benzene rings is 1. The van der Waals surface area contributed by atoms with E-state index in [0.717, 1.165) is 16.8 Å². The quantitative estimate of drug-likeness (QED) is 0.491. The Morgan fingerprint density at radius 3 is 2.81 bits per heavy atom. The van der Waals surface area contributed by atoms with Crippen LogP contribution >= 0.6 is 0 Å². The Kier molecular flexibility index (Phi) is 4.35. The number of carbonyl (C=O) groups excluding carboxylic acids is 2. The van der Waals surface area contributed by atoms with Gasteiger partial charge < -0.3 is 15.8 Å². The van der Waals surface area contributed by atoms with Gasteiger partial charge in [-0.15, -0.1) is 15.3 Å². The van der Waals surface area contributed by atoms with E-state index in [2.05, 4.69) is 25.7 Å². The first kappa shape index (κ1) is 18.7. The molecule has 2 amide bonds. The third-order valence-corrected chi connectivity index (χ3v) is 5.13. The molecular formula is C20H18N8O3. The van der Waals surface area contributed by atoms with E-state index in [-0.39, 0.29) is 18.4 Å². The van der Waals surface area contributed by atoms with Gasteiger partial charge in [0.25, 0.3) is 5.91 Å². The number of hydrogen-bond acceptors (Lipinski definition) is 7. The van der Waals surface area contributed by atoms with E-state index in [1.807, 2.05) is 19.1 Å². The minimum atomic E-state index is -0.543. The highest BCUT2D eigenvalue weighted by atomic mass is 16.5. The fourth-order valence-corrected chi connectivity index (χ4v) is 3.78. The highest BCUT2D eigenvalue weighted by Crippen LogP contribution is 2.40. The summed E-state index contributed by atoms with van der Waals surface area (Å²) in [5.74, 6) is 0.820. The second-order valence-corrected chi connectivity index (χ2v) is 7.21. The summed E-state index contributed by atoms with van der Waals surface area (Å²) in [6.45, 7) is 1.71. The number of amides is 2. The van der Waals surface area contributed by atoms with Gasteiger partial charge in [-0.05, 0) is 36.8 Å². The lowest BCUT2D eigenvalue weighted by atomic mass is 9.86. The van der Waals surface area contributed by atoms with Crippen molar-refractivity contribution in [3.8, 4) is 11.6 Å². The molecule has 0 unspecified atom stereocenters. The number of nitrogens with two attached hydrogens (primary N) is 1. The molecule has 4 heterocycles. The summed E-state index contributed by atoms with van der Waals surface area (Å²) in [5.41, 5.74) is 8.38. The predicted octanol–water partition coefficient (Wildman–Crippen LogP) is 0.957. The number of carbonyl (C=O) groups is 2. The van der Waals surface area contributed by atoms with Crippen LogP contribution in [0.4, 0.5) is 5.82 Å². The van der Waals surface area contributed by atoms with Crippen LogP contribution in [0.3, 0.4) is 0 Å². The van der Waals surface area contributed by atoms with Crippen LogP contribution in [0.1, 0.15) is 29.2 Å². The fourth-order valence-electron chi connectivity index (χ4n) is 3.78. The molecule has 31 heavy (non-hydrogen) atoms. The molecule has 0 saturated carbocycles. The van der Waals surface area contributed by atoms with E-state index < -0.39 is 5.91 Å². The van der Waals surface area contributed by atoms with Crippen LogP contribution in [0, 0.1) is 6.92 Å². The van der Waals surface area contributed by atoms with Crippen LogP contribution in [-0.2, 0) is 9.59 Å². The number of fused-ring (bicyclic) bond motifs is 2. The van der Waals surface area contributed by atoms with Crippen LogP contribution in [-0.4, -0.2) is 48.0 Å². The first-order valence-electron chi connectivity index (χ1n) is 9.57. The summed E-state index contributed by atoms with van der Waals surface area (Å²) < 4.78 is 8.49. The Bertz CT molecular complexity index is 1310. The second-order valence-electron chi connectivity index (χ2n) is 7.21. The highest BCUT2D eigenvalue weighted by Gasteiger charge is 2.33. The normalized spacial score (nSPS) is 15.5. The first-order chi connectivity index (χ1) is 15.0. The van der Waals surface area contributed by atoms with Gasteiger partial charge in [-0.1, -0.05) is 12.1 Å². The van der Waals surface area contributed by atoms with Gasteiger partial charge in [0.2, 0.25) is 5.91 Å². The van der Waals surface area contributed by atoms with Crippen molar-refractivity contribution in [1.82, 2.24) is 29.6 Å². The van der Waals surface area contributed by atoms with Crippen LogP contribution in [0.2, 0.25) is 0 Å². The Balaban J connectivity index is 1.53. The summed E-state index contributed by atoms with van der Waals surface area (Å²) in [6, 6.07) is 10.8. The van der Waals surface area contributed by atoms with E-state index >= 15 is 0 Å². The van der Waals surface area contributed by atoms with Gasteiger partial charge in [-0.25, -0.2) is 0 Å². The molecule has 5 rings (SSSR count). The standard InChI is InChI=1S/C20H18N8O3/c1-11-19-14(12-2-4-13(5-3-12)31-9-15(21)29)8-18(30)23-20(19)28(25-11)17-7-6-16-24-22-10-27(16)26-17/h2-7,10,14H,8-9H2,1H3,(H2,21,29)(H,23,30)/t14-/m0/s1. The molecule has 156 valence electrons. The monoisotopic (exact) mass is 418 g/mol. The summed E-state index contributed by atoms with van der Waals surface area (Å²) in [7, 11) is 0. The van der Waals surface area contributed by atoms with Crippen molar-refractivity contribution in [3.63, 3.8) is 0 Å². The lowest BCUT2D eigenvalue weighted by molar-refractivity contribution is -0.120. The third kappa shape index (κ3) is 3.35. The number of primary amides is 1.